The molecule has 3 N–H and O–H groups in total. The molecule has 6 nitrogen and oxygen atoms in total. The van der Waals surface area contributed by atoms with Gasteiger partial charge < -0.3 is 14.9 Å². The summed E-state index contributed by atoms with van der Waals surface area (Å²) in [7, 11) is -4.65. The molecule has 0 aliphatic carbocycles. The second kappa shape index (κ2) is 2.93. The quantitative estimate of drug-likeness (QED) is 0.436. The number of hydrogen-bond acceptors (Lipinski definition) is 5. The first-order valence-corrected chi connectivity index (χ1v) is 4.77. The Morgan fingerprint density at radius 1 is 1.50 bits per heavy atom. The molecule has 1 saturated heterocycles. The molecule has 1 aliphatic heterocycles. The zero-order valence-corrected chi connectivity index (χ0v) is 6.99. The van der Waals surface area contributed by atoms with Crippen molar-refractivity contribution in [2.45, 2.75) is 17.5 Å². The molecule has 12 heavy (non-hydrogen) atoms. The van der Waals surface area contributed by atoms with E-state index < -0.39 is 21.2 Å². The van der Waals surface area contributed by atoms with Gasteiger partial charge in [-0.1, -0.05) is 0 Å². The van der Waals surface area contributed by atoms with E-state index in [-0.39, 0.29) is 19.6 Å². The lowest BCUT2D eigenvalue weighted by Crippen LogP contribution is -2.54. The number of ether oxygens (including phenoxy) is 1. The topological polar surface area (TPSA) is 104 Å². The van der Waals surface area contributed by atoms with Crippen LogP contribution in [-0.4, -0.2) is 47.4 Å². The fourth-order valence-corrected chi connectivity index (χ4v) is 1.76. The van der Waals surface area contributed by atoms with Gasteiger partial charge in [-0.25, -0.2) is 0 Å². The van der Waals surface area contributed by atoms with Crippen molar-refractivity contribution in [2.75, 3.05) is 13.2 Å². The van der Waals surface area contributed by atoms with Crippen LogP contribution in [0.25, 0.3) is 0 Å². The summed E-state index contributed by atoms with van der Waals surface area (Å²) in [5, 5.41) is 18.4. The van der Waals surface area contributed by atoms with Crippen molar-refractivity contribution in [3.05, 3.63) is 0 Å². The Morgan fingerprint density at radius 2 is 2.08 bits per heavy atom. The van der Waals surface area contributed by atoms with Crippen LogP contribution < -0.4 is 0 Å². The minimum Gasteiger partial charge on any atom is -0.386 e. The Labute approximate surface area is 69.5 Å². The SMILES string of the molecule is O=S(=O)(O)[C@]1(O)CCOC[C@H]1O. The van der Waals surface area contributed by atoms with Crippen molar-refractivity contribution in [3.8, 4) is 0 Å². The molecule has 0 aromatic heterocycles. The second-order valence-corrected chi connectivity index (χ2v) is 4.32. The van der Waals surface area contributed by atoms with Crippen molar-refractivity contribution in [1.29, 1.82) is 0 Å². The molecule has 0 bridgehead atoms. The summed E-state index contributed by atoms with van der Waals surface area (Å²) in [5.74, 6) is 0. The van der Waals surface area contributed by atoms with E-state index in [1.165, 1.54) is 0 Å². The van der Waals surface area contributed by atoms with Crippen LogP contribution in [0.3, 0.4) is 0 Å². The zero-order valence-electron chi connectivity index (χ0n) is 6.17. The first-order valence-electron chi connectivity index (χ1n) is 3.33. The van der Waals surface area contributed by atoms with Gasteiger partial charge in [-0.05, 0) is 0 Å². The van der Waals surface area contributed by atoms with Gasteiger partial charge >= 0.3 is 0 Å². The predicted molar refractivity (Wildman–Crippen MR) is 37.9 cm³/mol. The molecule has 1 aliphatic rings. The molecule has 7 heteroatoms. The monoisotopic (exact) mass is 198 g/mol. The first-order chi connectivity index (χ1) is 5.38. The van der Waals surface area contributed by atoms with E-state index in [4.69, 9.17) is 9.66 Å². The lowest BCUT2D eigenvalue weighted by molar-refractivity contribution is -0.111. The third kappa shape index (κ3) is 1.46. The van der Waals surface area contributed by atoms with Crippen LogP contribution in [-0.2, 0) is 14.9 Å². The van der Waals surface area contributed by atoms with Gasteiger partial charge in [-0.2, -0.15) is 8.42 Å². The normalized spacial score (nSPS) is 38.1. The maximum Gasteiger partial charge on any atom is 0.297 e. The smallest absolute Gasteiger partial charge is 0.297 e. The lowest BCUT2D eigenvalue weighted by atomic mass is 10.1. The molecule has 0 radical (unpaired) electrons. The summed E-state index contributed by atoms with van der Waals surface area (Å²) in [6, 6.07) is 0. The minimum absolute atomic E-state index is 0.00660. The molecule has 0 saturated carbocycles. The van der Waals surface area contributed by atoms with Gasteiger partial charge in [0.05, 0.1) is 13.2 Å². The van der Waals surface area contributed by atoms with E-state index in [1.807, 2.05) is 0 Å². The standard InChI is InChI=1S/C5H10O6S/c6-4-3-11-2-1-5(4,7)12(8,9)10/h4,6-7H,1-3H2,(H,8,9,10)/t4-,5-/m1/s1. The van der Waals surface area contributed by atoms with Crippen molar-refractivity contribution in [1.82, 2.24) is 0 Å². The van der Waals surface area contributed by atoms with Crippen molar-refractivity contribution >= 4 is 10.1 Å². The van der Waals surface area contributed by atoms with Gasteiger partial charge in [0.2, 0.25) is 4.93 Å². The summed E-state index contributed by atoms with van der Waals surface area (Å²) >= 11 is 0. The Kier molecular flexibility index (Phi) is 2.41. The fraction of sp³-hybridized carbons (Fsp3) is 1.00. The third-order valence-corrected chi connectivity index (χ3v) is 3.22. The van der Waals surface area contributed by atoms with Crippen LogP contribution in [0, 0.1) is 0 Å². The number of aliphatic hydroxyl groups is 2. The average molecular weight is 198 g/mol. The van der Waals surface area contributed by atoms with E-state index in [9.17, 15) is 13.5 Å². The molecule has 2 atom stereocenters. The molecule has 0 unspecified atom stereocenters. The third-order valence-electron chi connectivity index (χ3n) is 1.85. The summed E-state index contributed by atoms with van der Waals surface area (Å²) in [5.41, 5.74) is 0. The van der Waals surface area contributed by atoms with Gasteiger partial charge in [0.15, 0.2) is 0 Å². The number of rotatable bonds is 1. The number of aliphatic hydroxyl groups excluding tert-OH is 1. The predicted octanol–water partition coefficient (Wildman–Crippen LogP) is -1.66. The van der Waals surface area contributed by atoms with Crippen molar-refractivity contribution < 1.29 is 27.9 Å². The number of hydrogen-bond donors (Lipinski definition) is 3. The molecule has 0 amide bonds. The highest BCUT2D eigenvalue weighted by Crippen LogP contribution is 2.25. The van der Waals surface area contributed by atoms with Crippen molar-refractivity contribution in [2.24, 2.45) is 0 Å². The van der Waals surface area contributed by atoms with E-state index in [2.05, 4.69) is 4.74 Å². The molecule has 0 aromatic rings. The summed E-state index contributed by atoms with van der Waals surface area (Å²) in [6.07, 6.45) is -1.92. The second-order valence-electron chi connectivity index (χ2n) is 2.66. The van der Waals surface area contributed by atoms with Crippen molar-refractivity contribution in [3.63, 3.8) is 0 Å². The average Bonchev–Trinajstić information content (AvgIpc) is 1.93. The maximum absolute atomic E-state index is 10.6. The summed E-state index contributed by atoms with van der Waals surface area (Å²) < 4.78 is 34.5. The Balaban J connectivity index is 2.95. The van der Waals surface area contributed by atoms with Crippen LogP contribution >= 0.6 is 0 Å². The summed E-state index contributed by atoms with van der Waals surface area (Å²) in [6.45, 7) is -0.302. The van der Waals surface area contributed by atoms with Gasteiger partial charge in [-0.15, -0.1) is 0 Å². The van der Waals surface area contributed by atoms with Gasteiger partial charge in [0, 0.05) is 6.42 Å². The van der Waals surface area contributed by atoms with E-state index >= 15 is 0 Å². The van der Waals surface area contributed by atoms with Crippen LogP contribution in [0.2, 0.25) is 0 Å². The highest BCUT2D eigenvalue weighted by molar-refractivity contribution is 7.87. The maximum atomic E-state index is 10.6. The van der Waals surface area contributed by atoms with Crippen LogP contribution in [0.4, 0.5) is 0 Å². The molecule has 1 rings (SSSR count). The van der Waals surface area contributed by atoms with E-state index in [1.54, 1.807) is 0 Å². The molecule has 1 heterocycles. The highest BCUT2D eigenvalue weighted by Gasteiger charge is 2.49. The fourth-order valence-electron chi connectivity index (χ4n) is 1.01. The molecular formula is C5H10O6S. The summed E-state index contributed by atoms with van der Waals surface area (Å²) in [4.78, 5) is -2.47. The molecule has 0 spiro atoms. The Morgan fingerprint density at radius 3 is 2.42 bits per heavy atom. The lowest BCUT2D eigenvalue weighted by Gasteiger charge is -2.33. The van der Waals surface area contributed by atoms with E-state index in [0.717, 1.165) is 0 Å². The van der Waals surface area contributed by atoms with Crippen LogP contribution in [0.1, 0.15) is 6.42 Å². The Bertz CT molecular complexity index is 259. The van der Waals surface area contributed by atoms with Gasteiger partial charge in [-0.3, -0.25) is 4.55 Å². The minimum atomic E-state index is -4.65. The molecule has 0 aromatic carbocycles. The molecule has 1 fully saturated rings. The first kappa shape index (κ1) is 9.87. The Hall–Kier alpha value is -0.210. The zero-order chi connectivity index (χ0) is 9.41. The van der Waals surface area contributed by atoms with Crippen LogP contribution in [0.5, 0.6) is 0 Å². The van der Waals surface area contributed by atoms with Crippen LogP contribution in [0.15, 0.2) is 0 Å². The van der Waals surface area contributed by atoms with E-state index in [0.29, 0.717) is 0 Å². The van der Waals surface area contributed by atoms with Gasteiger partial charge in [0.1, 0.15) is 6.10 Å². The largest absolute Gasteiger partial charge is 0.386 e. The molecular weight excluding hydrogens is 188 g/mol. The molecule has 72 valence electrons. The highest BCUT2D eigenvalue weighted by atomic mass is 32.2. The van der Waals surface area contributed by atoms with Gasteiger partial charge in [0.25, 0.3) is 10.1 Å².